The predicted octanol–water partition coefficient (Wildman–Crippen LogP) is 1.50. The van der Waals surface area contributed by atoms with E-state index in [1.807, 2.05) is 0 Å². The molecule has 2 aliphatic carbocycles. The molecule has 0 radical (unpaired) electrons. The fourth-order valence-electron chi connectivity index (χ4n) is 4.60. The monoisotopic (exact) mass is 309 g/mol. The first-order valence-electron chi connectivity index (χ1n) is 12.3. The molecule has 1 saturated heterocycles. The molecule has 0 amide bonds. The minimum Gasteiger partial charge on any atom is -0.493 e. The van der Waals surface area contributed by atoms with Gasteiger partial charge in [0.05, 0.1) is 16.6 Å². The normalized spacial score (nSPS) is 55.5. The van der Waals surface area contributed by atoms with E-state index in [1.165, 1.54) is 11.0 Å². The molecule has 4 aliphatic rings. The Kier molecular flexibility index (Phi) is 1.21. The van der Waals surface area contributed by atoms with Crippen LogP contribution in [-0.4, -0.2) is 48.8 Å². The maximum atomic E-state index is 10.9. The highest BCUT2D eigenvalue weighted by Crippen LogP contribution is 2.62. The van der Waals surface area contributed by atoms with Gasteiger partial charge in [0, 0.05) is 27.1 Å². The summed E-state index contributed by atoms with van der Waals surface area (Å²) in [5.74, 6) is -1.41. The second kappa shape index (κ2) is 4.06. The van der Waals surface area contributed by atoms with E-state index in [2.05, 4.69) is 0 Å². The number of methoxy groups -OCH3 is 1. The number of likely N-dealkylation sites (N-methyl/N-ethyl adjacent to an activating group) is 1. The number of ether oxygens (including phenoxy) is 2. The Hall–Kier alpha value is -1.52. The van der Waals surface area contributed by atoms with Gasteiger partial charge < -0.3 is 19.5 Å². The second-order valence-electron chi connectivity index (χ2n) is 6.25. The van der Waals surface area contributed by atoms with Crippen molar-refractivity contribution < 1.29 is 28.3 Å². The minimum absolute atomic E-state index is 0.0194. The topological polar surface area (TPSA) is 41.9 Å². The highest BCUT2D eigenvalue weighted by atomic mass is 16.5. The summed E-state index contributed by atoms with van der Waals surface area (Å²) in [6.45, 7) is -2.43. The first-order chi connectivity index (χ1) is 14.6. The lowest BCUT2D eigenvalue weighted by atomic mass is 9.53. The van der Waals surface area contributed by atoms with Crippen LogP contribution in [0, 0.1) is 5.92 Å². The molecule has 22 heavy (non-hydrogen) atoms. The Balaban J connectivity index is 1.85. The maximum absolute atomic E-state index is 10.9. The Labute approximate surface area is 144 Å². The zero-order chi connectivity index (χ0) is 23.6. The third-order valence-electron chi connectivity index (χ3n) is 5.46. The summed E-state index contributed by atoms with van der Waals surface area (Å²) < 4.78 is 91.7. The van der Waals surface area contributed by atoms with E-state index in [4.69, 9.17) is 23.2 Å². The van der Waals surface area contributed by atoms with Crippen molar-refractivity contribution in [1.82, 2.24) is 4.90 Å². The van der Waals surface area contributed by atoms with Gasteiger partial charge in [-0.25, -0.2) is 0 Å². The summed E-state index contributed by atoms with van der Waals surface area (Å²) in [4.78, 5) is 1.32. The fraction of sp³-hybridized carbons (Fsp3) is 0.556. The van der Waals surface area contributed by atoms with Crippen LogP contribution in [0.5, 0.6) is 11.5 Å². The van der Waals surface area contributed by atoms with Crippen molar-refractivity contribution in [2.75, 3.05) is 20.6 Å². The molecule has 0 aromatic heterocycles. The Bertz CT molecular complexity index is 1050. The molecule has 1 aromatic rings. The Morgan fingerprint density at radius 3 is 3.36 bits per heavy atom. The molecule has 1 fully saturated rings. The van der Waals surface area contributed by atoms with Crippen LogP contribution in [0.25, 0.3) is 0 Å². The van der Waals surface area contributed by atoms with Crippen molar-refractivity contribution in [2.45, 2.75) is 36.5 Å². The van der Waals surface area contributed by atoms with E-state index in [0.29, 0.717) is 0 Å². The van der Waals surface area contributed by atoms with Crippen molar-refractivity contribution in [3.63, 3.8) is 0 Å². The zero-order valence-electron chi connectivity index (χ0n) is 21.6. The van der Waals surface area contributed by atoms with Crippen LogP contribution in [0.3, 0.4) is 0 Å². The van der Waals surface area contributed by atoms with Crippen molar-refractivity contribution in [1.29, 1.82) is 0 Å². The molecular formula is C18H21NO3. The van der Waals surface area contributed by atoms with Gasteiger partial charge in [-0.2, -0.15) is 0 Å². The van der Waals surface area contributed by atoms with Crippen LogP contribution in [-0.2, 0) is 11.8 Å². The van der Waals surface area contributed by atoms with E-state index < -0.39 is 55.3 Å². The van der Waals surface area contributed by atoms with Crippen LogP contribution in [0.2, 0.25) is 0 Å². The summed E-state index contributed by atoms with van der Waals surface area (Å²) in [5, 5.41) is 10.9. The molecule has 4 heteroatoms. The van der Waals surface area contributed by atoms with Gasteiger partial charge in [0.15, 0.2) is 11.5 Å². The van der Waals surface area contributed by atoms with Crippen LogP contribution >= 0.6 is 0 Å². The Morgan fingerprint density at radius 2 is 2.50 bits per heavy atom. The molecule has 5 atom stereocenters. The number of rotatable bonds is 1. The maximum Gasteiger partial charge on any atom is 0.165 e. The molecule has 1 aromatic carbocycles. The number of hydrogen-bond acceptors (Lipinski definition) is 4. The minimum atomic E-state index is -2.96. The van der Waals surface area contributed by atoms with E-state index in [0.717, 1.165) is 6.08 Å². The van der Waals surface area contributed by atoms with Crippen LogP contribution < -0.4 is 9.47 Å². The van der Waals surface area contributed by atoms with Gasteiger partial charge >= 0.3 is 0 Å². The van der Waals surface area contributed by atoms with Crippen LogP contribution in [0.4, 0.5) is 0 Å². The molecule has 116 valence electrons. The summed E-state index contributed by atoms with van der Waals surface area (Å²) >= 11 is 0. The van der Waals surface area contributed by atoms with E-state index >= 15 is 0 Å². The lowest BCUT2D eigenvalue weighted by Gasteiger charge is -2.56. The first kappa shape index (κ1) is 6.54. The molecule has 0 saturated carbocycles. The quantitative estimate of drug-likeness (QED) is 0.798. The fourth-order valence-corrected chi connectivity index (χ4v) is 4.60. The number of nitrogens with zero attached hydrogens (tertiary/aromatic N) is 1. The third kappa shape index (κ3) is 1.28. The predicted molar refractivity (Wildman–Crippen MR) is 82.5 cm³/mol. The summed E-state index contributed by atoms with van der Waals surface area (Å²) in [5.41, 5.74) is -0.878. The van der Waals surface area contributed by atoms with E-state index in [-0.39, 0.29) is 42.3 Å². The lowest BCUT2D eigenvalue weighted by Crippen LogP contribution is -2.64. The molecule has 2 unspecified atom stereocenters. The number of aliphatic hydroxyl groups is 1. The number of hydrogen-bond donors (Lipinski definition) is 1. The van der Waals surface area contributed by atoms with Crippen LogP contribution in [0.15, 0.2) is 24.2 Å². The van der Waals surface area contributed by atoms with Gasteiger partial charge in [-0.05, 0) is 38.0 Å². The molecule has 1 spiro atoms. The molecule has 1 N–H and O–H groups in total. The van der Waals surface area contributed by atoms with Gasteiger partial charge in [0.1, 0.15) is 12.2 Å². The Morgan fingerprint density at radius 1 is 1.55 bits per heavy atom. The van der Waals surface area contributed by atoms with Gasteiger partial charge in [-0.15, -0.1) is 0 Å². The number of benzene rings is 1. The van der Waals surface area contributed by atoms with Gasteiger partial charge in [-0.3, -0.25) is 0 Å². The van der Waals surface area contributed by atoms with E-state index in [1.54, 1.807) is 0 Å². The summed E-state index contributed by atoms with van der Waals surface area (Å²) in [7, 11) is -2.96. The van der Waals surface area contributed by atoms with Crippen molar-refractivity contribution in [3.8, 4) is 11.5 Å². The van der Waals surface area contributed by atoms with Crippen molar-refractivity contribution in [2.24, 2.45) is 5.92 Å². The molecule has 2 heterocycles. The van der Waals surface area contributed by atoms with Crippen LogP contribution in [0.1, 0.15) is 31.3 Å². The number of likely N-dealkylation sites (tertiary alicyclic amines) is 1. The molecule has 4 nitrogen and oxygen atoms in total. The van der Waals surface area contributed by atoms with E-state index in [9.17, 15) is 5.11 Å². The largest absolute Gasteiger partial charge is 0.493 e. The average Bonchev–Trinajstić information content (AvgIpc) is 2.90. The zero-order valence-corrected chi connectivity index (χ0v) is 11.6. The summed E-state index contributed by atoms with van der Waals surface area (Å²) in [6.07, 6.45) is -2.19. The van der Waals surface area contributed by atoms with Gasteiger partial charge in [0.2, 0.25) is 0 Å². The third-order valence-corrected chi connectivity index (χ3v) is 5.46. The van der Waals surface area contributed by atoms with Gasteiger partial charge in [0.25, 0.3) is 0 Å². The molecule has 2 aliphatic heterocycles. The highest BCUT2D eigenvalue weighted by molar-refractivity contribution is 5.62. The highest BCUT2D eigenvalue weighted by Gasteiger charge is 2.64. The van der Waals surface area contributed by atoms with Crippen molar-refractivity contribution in [3.05, 3.63) is 35.4 Å². The summed E-state index contributed by atoms with van der Waals surface area (Å²) in [6, 6.07) is -1.59. The lowest BCUT2D eigenvalue weighted by molar-refractivity contribution is -0.0453. The molecule has 2 bridgehead atoms. The second-order valence-corrected chi connectivity index (χ2v) is 6.25. The SMILES string of the molecule is [2H]c1c([2H])c(OC([2H])([2H])[2H])c2c3c1C[C@@H]1[C@@H]4C=CC([2H])(O)C([2H])(O2)[C@]34CCN1C([2H])([2H])[2H]. The standard InChI is InChI=1S/C18H21NO3/c1-19-8-7-18-11-4-5-13(20)17(18)22-16-14(21-2)6-3-10(15(16)18)9-12(11)19/h3-6,11-13,17,20H,7-9H2,1-2H3/t11-,12+,13?,17?,18-/m0/s1/i1D3,2D3,3D,6D,13D,17D. The first-order valence-corrected chi connectivity index (χ1v) is 7.28. The number of piperidine rings is 1. The molecule has 5 rings (SSSR count). The smallest absolute Gasteiger partial charge is 0.165 e. The van der Waals surface area contributed by atoms with Crippen molar-refractivity contribution >= 4 is 0 Å². The van der Waals surface area contributed by atoms with Gasteiger partial charge in [-0.1, -0.05) is 18.2 Å². The average molecular weight is 309 g/mol. The molecular weight excluding hydrogens is 278 g/mol.